The molecule has 5 heteroatoms. The lowest BCUT2D eigenvalue weighted by Crippen LogP contribution is -2.33. The molecule has 1 unspecified atom stereocenters. The Hall–Kier alpha value is -9.06. The van der Waals surface area contributed by atoms with Crippen molar-refractivity contribution in [2.45, 2.75) is 6.17 Å². The van der Waals surface area contributed by atoms with E-state index in [1.165, 1.54) is 59.5 Å². The summed E-state index contributed by atoms with van der Waals surface area (Å²) < 4.78 is 4.84. The number of para-hydroxylation sites is 3. The summed E-state index contributed by atoms with van der Waals surface area (Å²) in [6.07, 6.45) is -0.338. The molecule has 0 spiro atoms. The van der Waals surface area contributed by atoms with Crippen molar-refractivity contribution in [1.82, 2.24) is 14.5 Å². The molecule has 68 heavy (non-hydrogen) atoms. The summed E-state index contributed by atoms with van der Waals surface area (Å²) in [4.78, 5) is 10.7. The molecule has 0 saturated heterocycles. The van der Waals surface area contributed by atoms with Gasteiger partial charge in [-0.25, -0.2) is 9.98 Å². The van der Waals surface area contributed by atoms with E-state index >= 15 is 0 Å². The van der Waals surface area contributed by atoms with Crippen LogP contribution in [0.15, 0.2) is 247 Å². The number of nitrogens with zero attached hydrogens (tertiary/aromatic N) is 4. The first-order chi connectivity index (χ1) is 33.7. The van der Waals surface area contributed by atoms with E-state index in [9.17, 15) is 0 Å². The molecule has 0 fully saturated rings. The molecular weight excluding hydrogens is 827 g/mol. The van der Waals surface area contributed by atoms with E-state index in [1.807, 2.05) is 6.07 Å². The maximum Gasteiger partial charge on any atom is 0.159 e. The summed E-state index contributed by atoms with van der Waals surface area (Å²) >= 11 is 0. The zero-order valence-electron chi connectivity index (χ0n) is 36.9. The van der Waals surface area contributed by atoms with Crippen molar-refractivity contribution < 1.29 is 0 Å². The maximum absolute atomic E-state index is 5.43. The molecule has 318 valence electrons. The second-order valence-corrected chi connectivity index (χ2v) is 17.8. The molecule has 14 rings (SSSR count). The monoisotopic (exact) mass is 867 g/mol. The summed E-state index contributed by atoms with van der Waals surface area (Å²) in [5, 5.41) is 15.9. The van der Waals surface area contributed by atoms with Crippen LogP contribution in [-0.2, 0) is 0 Å². The van der Waals surface area contributed by atoms with Gasteiger partial charge in [0.15, 0.2) is 5.84 Å². The molecule has 0 radical (unpaired) electrons. The highest BCUT2D eigenvalue weighted by Crippen LogP contribution is 2.43. The Morgan fingerprint density at radius 2 is 0.838 bits per heavy atom. The number of hydrogen-bond donors (Lipinski definition) is 1. The Balaban J connectivity index is 1.06. The Morgan fingerprint density at radius 1 is 0.338 bits per heavy atom. The molecule has 0 bridgehead atoms. The van der Waals surface area contributed by atoms with Crippen molar-refractivity contribution in [1.29, 1.82) is 0 Å². The summed E-state index contributed by atoms with van der Waals surface area (Å²) in [6.45, 7) is 0. The molecule has 1 aliphatic heterocycles. The van der Waals surface area contributed by atoms with Crippen LogP contribution in [-0.4, -0.2) is 20.8 Å². The fraction of sp³-hybridized carbons (Fsp3) is 0.0159. The van der Waals surface area contributed by atoms with Crippen molar-refractivity contribution in [2.75, 3.05) is 0 Å². The van der Waals surface area contributed by atoms with Crippen LogP contribution in [0.2, 0.25) is 0 Å². The van der Waals surface area contributed by atoms with Gasteiger partial charge in [0.25, 0.3) is 0 Å². The number of aliphatic imine (C=N–C) groups is 2. The molecule has 0 amide bonds. The predicted molar refractivity (Wildman–Crippen MR) is 285 cm³/mol. The molecule has 0 aliphatic carbocycles. The Morgan fingerprint density at radius 3 is 1.51 bits per heavy atom. The minimum absolute atomic E-state index is 0.338. The van der Waals surface area contributed by atoms with Crippen LogP contribution in [0.3, 0.4) is 0 Å². The lowest BCUT2D eigenvalue weighted by atomic mass is 9.88. The molecule has 1 N–H and O–H groups in total. The van der Waals surface area contributed by atoms with Gasteiger partial charge in [-0.15, -0.1) is 0 Å². The van der Waals surface area contributed by atoms with E-state index in [4.69, 9.17) is 9.98 Å². The largest absolute Gasteiger partial charge is 0.344 e. The number of amidine groups is 2. The van der Waals surface area contributed by atoms with Crippen LogP contribution in [0.4, 0.5) is 0 Å². The van der Waals surface area contributed by atoms with Crippen molar-refractivity contribution in [2.24, 2.45) is 9.98 Å². The van der Waals surface area contributed by atoms with E-state index in [0.717, 1.165) is 61.4 Å². The SMILES string of the molecule is c1ccc(C2=NC(c3ccccc3)NC(c3cc(-c4ccc5c(c4)c4cc6c7ccccc7n(-c7ccccc7)c6cc4n5-c4ccccc4)cc4c5ccccc5c5ccccc5c34)=N2)cc1. The summed E-state index contributed by atoms with van der Waals surface area (Å²) in [7, 11) is 0. The van der Waals surface area contributed by atoms with Gasteiger partial charge in [-0.05, 0) is 110 Å². The Bertz CT molecular complexity index is 4200. The van der Waals surface area contributed by atoms with E-state index in [-0.39, 0.29) is 6.17 Å². The first-order valence-corrected chi connectivity index (χ1v) is 23.3. The minimum atomic E-state index is -0.338. The predicted octanol–water partition coefficient (Wildman–Crippen LogP) is 15.5. The minimum Gasteiger partial charge on any atom is -0.344 e. The quantitative estimate of drug-likeness (QED) is 0.166. The fourth-order valence-corrected chi connectivity index (χ4v) is 10.9. The molecular formula is C63H41N5. The van der Waals surface area contributed by atoms with Crippen LogP contribution >= 0.6 is 0 Å². The molecule has 1 aliphatic rings. The van der Waals surface area contributed by atoms with E-state index in [1.54, 1.807) is 0 Å². The molecule has 2 aromatic heterocycles. The van der Waals surface area contributed by atoms with Gasteiger partial charge in [-0.2, -0.15) is 0 Å². The van der Waals surface area contributed by atoms with Crippen LogP contribution in [0.1, 0.15) is 22.9 Å². The topological polar surface area (TPSA) is 46.6 Å². The fourth-order valence-electron chi connectivity index (χ4n) is 10.9. The third kappa shape index (κ3) is 5.96. The molecule has 13 aromatic rings. The van der Waals surface area contributed by atoms with E-state index < -0.39 is 0 Å². The van der Waals surface area contributed by atoms with Gasteiger partial charge in [0.1, 0.15) is 12.0 Å². The smallest absolute Gasteiger partial charge is 0.159 e. The van der Waals surface area contributed by atoms with E-state index in [2.05, 4.69) is 245 Å². The third-order valence-corrected chi connectivity index (χ3v) is 13.9. The normalized spacial score (nSPS) is 14.0. The average molecular weight is 868 g/mol. The van der Waals surface area contributed by atoms with Crippen molar-refractivity contribution >= 4 is 87.6 Å². The average Bonchev–Trinajstić information content (AvgIpc) is 3.92. The van der Waals surface area contributed by atoms with Crippen LogP contribution in [0, 0.1) is 0 Å². The number of aromatic nitrogens is 2. The zero-order valence-corrected chi connectivity index (χ0v) is 36.9. The van der Waals surface area contributed by atoms with Crippen LogP contribution in [0.5, 0.6) is 0 Å². The summed E-state index contributed by atoms with van der Waals surface area (Å²) in [5.74, 6) is 1.49. The lowest BCUT2D eigenvalue weighted by Gasteiger charge is -2.25. The van der Waals surface area contributed by atoms with Gasteiger partial charge in [0.05, 0.1) is 22.1 Å². The van der Waals surface area contributed by atoms with Crippen LogP contribution < -0.4 is 5.32 Å². The van der Waals surface area contributed by atoms with Gasteiger partial charge < -0.3 is 14.5 Å². The number of nitrogens with one attached hydrogen (secondary N) is 1. The number of fused-ring (bicyclic) bond motifs is 12. The standard InChI is InChI=1S/C63H41N5/c1-5-19-40(20-6-1)61-64-62(41-21-7-2-8-22-41)66-63(65-61)55-37-43(36-54-48-29-14-13-27-46(48)47-28-15-16-31-50(47)60(54)55)42-33-34-57-51(35-42)53-38-52-49-30-17-18-32-56(49)67(44-23-9-3-10-24-44)58(52)39-59(53)68(57)45-25-11-4-12-26-45/h1-39,61H,(H,64,65,66). The maximum atomic E-state index is 5.43. The molecule has 3 heterocycles. The second kappa shape index (κ2) is 15.3. The number of hydrogen-bond acceptors (Lipinski definition) is 3. The highest BCUT2D eigenvalue weighted by molar-refractivity contribution is 6.31. The van der Waals surface area contributed by atoms with Crippen molar-refractivity contribution in [3.8, 4) is 22.5 Å². The Kier molecular flexibility index (Phi) is 8.58. The lowest BCUT2D eigenvalue weighted by molar-refractivity contribution is 0.674. The number of benzene rings is 11. The van der Waals surface area contributed by atoms with Gasteiger partial charge in [-0.3, -0.25) is 0 Å². The number of rotatable bonds is 6. The zero-order chi connectivity index (χ0) is 44.7. The van der Waals surface area contributed by atoms with Crippen LogP contribution in [0.25, 0.3) is 98.4 Å². The van der Waals surface area contributed by atoms with Gasteiger partial charge in [0.2, 0.25) is 0 Å². The van der Waals surface area contributed by atoms with Gasteiger partial charge >= 0.3 is 0 Å². The highest BCUT2D eigenvalue weighted by atomic mass is 15.2. The van der Waals surface area contributed by atoms with Gasteiger partial charge in [-0.1, -0.05) is 170 Å². The second-order valence-electron chi connectivity index (χ2n) is 17.8. The Labute approximate surface area is 392 Å². The first kappa shape index (κ1) is 38.2. The first-order valence-electron chi connectivity index (χ1n) is 23.3. The van der Waals surface area contributed by atoms with Crippen molar-refractivity contribution in [3.05, 3.63) is 253 Å². The molecule has 5 nitrogen and oxygen atoms in total. The molecule has 1 atom stereocenters. The van der Waals surface area contributed by atoms with Crippen molar-refractivity contribution in [3.63, 3.8) is 0 Å². The van der Waals surface area contributed by atoms with E-state index in [0.29, 0.717) is 5.84 Å². The highest BCUT2D eigenvalue weighted by Gasteiger charge is 2.25. The molecule has 11 aromatic carbocycles. The van der Waals surface area contributed by atoms with Gasteiger partial charge in [0, 0.05) is 49.4 Å². The summed E-state index contributed by atoms with van der Waals surface area (Å²) in [6, 6.07) is 85.4. The molecule has 0 saturated carbocycles. The summed E-state index contributed by atoms with van der Waals surface area (Å²) in [5.41, 5.74) is 12.3. The third-order valence-electron chi connectivity index (χ3n) is 13.9.